The second-order valence-corrected chi connectivity index (χ2v) is 6.86. The maximum Gasteiger partial charge on any atom is 0.274 e. The van der Waals surface area contributed by atoms with Crippen LogP contribution < -0.4 is 9.47 Å². The highest BCUT2D eigenvalue weighted by molar-refractivity contribution is 5.92. The van der Waals surface area contributed by atoms with E-state index in [4.69, 9.17) is 9.47 Å². The Labute approximate surface area is 168 Å². The number of rotatable bonds is 5. The number of nitrogens with zero attached hydrogens (tertiary/aromatic N) is 3. The maximum atomic E-state index is 14.0. The van der Waals surface area contributed by atoms with Crippen molar-refractivity contribution in [3.05, 3.63) is 71.8 Å². The minimum Gasteiger partial charge on any atom is -0.497 e. The highest BCUT2D eigenvalue weighted by Crippen LogP contribution is 2.39. The van der Waals surface area contributed by atoms with Gasteiger partial charge in [0.15, 0.2) is 5.69 Å². The summed E-state index contributed by atoms with van der Waals surface area (Å²) in [5.41, 5.74) is 1.49. The van der Waals surface area contributed by atoms with Gasteiger partial charge in [0.2, 0.25) is 0 Å². The average Bonchev–Trinajstić information content (AvgIpc) is 3.43. The van der Waals surface area contributed by atoms with Gasteiger partial charge in [-0.25, -0.2) is 9.07 Å². The summed E-state index contributed by atoms with van der Waals surface area (Å²) in [5.74, 6) is 0.846. The molecule has 29 heavy (non-hydrogen) atoms. The van der Waals surface area contributed by atoms with Crippen molar-refractivity contribution in [1.82, 2.24) is 14.7 Å². The SMILES string of the molecule is COc1ccc(OC)c(C2CCCN2C(=O)c2ccn(-c3ccccc3F)n2)c1. The molecule has 1 unspecified atom stereocenters. The van der Waals surface area contributed by atoms with Crippen LogP contribution in [0.25, 0.3) is 5.69 Å². The average molecular weight is 395 g/mol. The predicted octanol–water partition coefficient (Wildman–Crippen LogP) is 4.01. The number of benzene rings is 2. The first-order chi connectivity index (χ1) is 14.1. The van der Waals surface area contributed by atoms with E-state index in [9.17, 15) is 9.18 Å². The molecule has 0 spiro atoms. The number of hydrogen-bond donors (Lipinski definition) is 0. The molecule has 0 aliphatic carbocycles. The van der Waals surface area contributed by atoms with Gasteiger partial charge in [-0.05, 0) is 49.2 Å². The molecule has 0 bridgehead atoms. The van der Waals surface area contributed by atoms with Gasteiger partial charge >= 0.3 is 0 Å². The van der Waals surface area contributed by atoms with E-state index in [1.54, 1.807) is 49.6 Å². The Morgan fingerprint density at radius 2 is 1.97 bits per heavy atom. The lowest BCUT2D eigenvalue weighted by Gasteiger charge is -2.26. The van der Waals surface area contributed by atoms with Gasteiger partial charge in [0, 0.05) is 18.3 Å². The number of carbonyl (C=O) groups is 1. The maximum absolute atomic E-state index is 14.0. The van der Waals surface area contributed by atoms with Crippen molar-refractivity contribution >= 4 is 5.91 Å². The van der Waals surface area contributed by atoms with Gasteiger partial charge in [-0.2, -0.15) is 5.10 Å². The highest BCUT2D eigenvalue weighted by atomic mass is 19.1. The van der Waals surface area contributed by atoms with E-state index in [-0.39, 0.29) is 17.6 Å². The molecular formula is C22H22FN3O3. The number of carbonyl (C=O) groups excluding carboxylic acids is 1. The van der Waals surface area contributed by atoms with Crippen LogP contribution in [0.4, 0.5) is 4.39 Å². The summed E-state index contributed by atoms with van der Waals surface area (Å²) in [6, 6.07) is 13.4. The van der Waals surface area contributed by atoms with Gasteiger partial charge in [-0.1, -0.05) is 12.1 Å². The van der Waals surface area contributed by atoms with Crippen molar-refractivity contribution in [3.8, 4) is 17.2 Å². The Balaban J connectivity index is 1.63. The van der Waals surface area contributed by atoms with Crippen LogP contribution in [0.3, 0.4) is 0 Å². The molecule has 1 saturated heterocycles. The lowest BCUT2D eigenvalue weighted by Crippen LogP contribution is -2.31. The van der Waals surface area contributed by atoms with Crippen LogP contribution in [0.1, 0.15) is 34.9 Å². The minimum atomic E-state index is -0.394. The van der Waals surface area contributed by atoms with E-state index in [1.165, 1.54) is 10.7 Å². The van der Waals surface area contributed by atoms with Crippen LogP contribution >= 0.6 is 0 Å². The molecule has 0 radical (unpaired) electrons. The number of ether oxygens (including phenoxy) is 2. The summed E-state index contributed by atoms with van der Waals surface area (Å²) in [4.78, 5) is 15.0. The molecular weight excluding hydrogens is 373 g/mol. The Kier molecular flexibility index (Phi) is 5.20. The van der Waals surface area contributed by atoms with Crippen molar-refractivity contribution in [1.29, 1.82) is 0 Å². The van der Waals surface area contributed by atoms with Crippen LogP contribution in [0, 0.1) is 5.82 Å². The predicted molar refractivity (Wildman–Crippen MR) is 106 cm³/mol. The van der Waals surface area contributed by atoms with Crippen LogP contribution in [0.15, 0.2) is 54.7 Å². The third-order valence-electron chi connectivity index (χ3n) is 5.22. The molecule has 7 heteroatoms. The topological polar surface area (TPSA) is 56.6 Å². The molecule has 1 fully saturated rings. The number of methoxy groups -OCH3 is 2. The Hall–Kier alpha value is -3.35. The van der Waals surface area contributed by atoms with Gasteiger partial charge in [0.1, 0.15) is 23.0 Å². The molecule has 6 nitrogen and oxygen atoms in total. The van der Waals surface area contributed by atoms with Crippen molar-refractivity contribution < 1.29 is 18.7 Å². The molecule has 1 aromatic heterocycles. The lowest BCUT2D eigenvalue weighted by atomic mass is 10.0. The molecule has 150 valence electrons. The second-order valence-electron chi connectivity index (χ2n) is 6.86. The molecule has 0 saturated carbocycles. The molecule has 2 aromatic carbocycles. The van der Waals surface area contributed by atoms with Crippen LogP contribution in [-0.2, 0) is 0 Å². The summed E-state index contributed by atoms with van der Waals surface area (Å²) in [5, 5.41) is 4.32. The van der Waals surface area contributed by atoms with Gasteiger partial charge in [0.25, 0.3) is 5.91 Å². The van der Waals surface area contributed by atoms with E-state index in [0.717, 1.165) is 18.4 Å². The van der Waals surface area contributed by atoms with E-state index >= 15 is 0 Å². The highest BCUT2D eigenvalue weighted by Gasteiger charge is 2.33. The smallest absolute Gasteiger partial charge is 0.274 e. The van der Waals surface area contributed by atoms with Crippen molar-refractivity contribution in [2.24, 2.45) is 0 Å². The number of hydrogen-bond acceptors (Lipinski definition) is 4. The van der Waals surface area contributed by atoms with E-state index in [0.29, 0.717) is 23.7 Å². The van der Waals surface area contributed by atoms with E-state index in [2.05, 4.69) is 5.10 Å². The minimum absolute atomic E-state index is 0.133. The fourth-order valence-electron chi connectivity index (χ4n) is 3.79. The zero-order chi connectivity index (χ0) is 20.4. The number of para-hydroxylation sites is 1. The molecule has 1 aliphatic heterocycles. The van der Waals surface area contributed by atoms with Crippen molar-refractivity contribution in [2.45, 2.75) is 18.9 Å². The largest absolute Gasteiger partial charge is 0.497 e. The Bertz CT molecular complexity index is 1030. The quantitative estimate of drug-likeness (QED) is 0.655. The zero-order valence-corrected chi connectivity index (χ0v) is 16.3. The number of likely N-dealkylation sites (tertiary alicyclic amines) is 1. The lowest BCUT2D eigenvalue weighted by molar-refractivity contribution is 0.0727. The fraction of sp³-hybridized carbons (Fsp3) is 0.273. The van der Waals surface area contributed by atoms with Gasteiger partial charge in [0.05, 0.1) is 20.3 Å². The third kappa shape index (κ3) is 3.55. The summed E-state index contributed by atoms with van der Waals surface area (Å²) < 4.78 is 26.3. The molecule has 4 rings (SSSR count). The molecule has 2 heterocycles. The first-order valence-corrected chi connectivity index (χ1v) is 9.46. The van der Waals surface area contributed by atoms with Crippen molar-refractivity contribution in [3.63, 3.8) is 0 Å². The van der Waals surface area contributed by atoms with Gasteiger partial charge in [-0.3, -0.25) is 4.79 Å². The molecule has 1 aliphatic rings. The van der Waals surface area contributed by atoms with E-state index < -0.39 is 5.82 Å². The third-order valence-corrected chi connectivity index (χ3v) is 5.22. The van der Waals surface area contributed by atoms with Crippen molar-refractivity contribution in [2.75, 3.05) is 20.8 Å². The number of amides is 1. The monoisotopic (exact) mass is 395 g/mol. The van der Waals surface area contributed by atoms with E-state index in [1.807, 2.05) is 18.2 Å². The summed E-state index contributed by atoms with van der Waals surface area (Å²) in [7, 11) is 3.22. The second kappa shape index (κ2) is 7.95. The molecule has 0 N–H and O–H groups in total. The summed E-state index contributed by atoms with van der Waals surface area (Å²) >= 11 is 0. The first-order valence-electron chi connectivity index (χ1n) is 9.46. The summed E-state index contributed by atoms with van der Waals surface area (Å²) in [6.07, 6.45) is 3.30. The zero-order valence-electron chi connectivity index (χ0n) is 16.3. The molecule has 1 atom stereocenters. The fourth-order valence-corrected chi connectivity index (χ4v) is 3.79. The Morgan fingerprint density at radius 3 is 2.72 bits per heavy atom. The molecule has 3 aromatic rings. The normalized spacial score (nSPS) is 16.1. The van der Waals surface area contributed by atoms with Crippen LogP contribution in [0.5, 0.6) is 11.5 Å². The Morgan fingerprint density at radius 1 is 1.14 bits per heavy atom. The molecule has 1 amide bonds. The van der Waals surface area contributed by atoms with Crippen LogP contribution in [0.2, 0.25) is 0 Å². The first kappa shape index (κ1) is 19.0. The van der Waals surface area contributed by atoms with Gasteiger partial charge in [-0.15, -0.1) is 0 Å². The standard InChI is InChI=1S/C22H22FN3O3/c1-28-15-9-10-21(29-2)16(14-15)19-8-5-12-25(19)22(27)18-11-13-26(24-18)20-7-4-3-6-17(20)23/h3-4,6-7,9-11,13-14,19H,5,8,12H2,1-2H3. The number of halogens is 1. The summed E-state index contributed by atoms with van der Waals surface area (Å²) in [6.45, 7) is 0.621. The van der Waals surface area contributed by atoms with Crippen LogP contribution in [-0.4, -0.2) is 41.4 Å². The number of aromatic nitrogens is 2. The van der Waals surface area contributed by atoms with Gasteiger partial charge < -0.3 is 14.4 Å².